The summed E-state index contributed by atoms with van der Waals surface area (Å²) in [5.41, 5.74) is 4.10. The first-order valence-electron chi connectivity index (χ1n) is 10.8. The number of carbonyl (C=O) groups excluding carboxylic acids is 3. The molecule has 7 nitrogen and oxygen atoms in total. The minimum Gasteiger partial charge on any atom is -0.376 e. The van der Waals surface area contributed by atoms with Gasteiger partial charge in [0.1, 0.15) is 6.04 Å². The summed E-state index contributed by atoms with van der Waals surface area (Å²) in [6, 6.07) is 8.19. The Morgan fingerprint density at radius 1 is 1.13 bits per heavy atom. The van der Waals surface area contributed by atoms with Crippen LogP contribution in [0.4, 0.5) is 10.5 Å². The van der Waals surface area contributed by atoms with Crippen LogP contribution in [0.25, 0.3) is 0 Å². The Labute approximate surface area is 182 Å². The Bertz CT molecular complexity index is 1020. The molecule has 2 aliphatic rings. The monoisotopic (exact) mass is 423 g/mol. The van der Waals surface area contributed by atoms with E-state index in [4.69, 9.17) is 4.74 Å². The average molecular weight is 424 g/mol. The molecule has 2 atom stereocenters. The summed E-state index contributed by atoms with van der Waals surface area (Å²) in [6.45, 7) is 8.77. The van der Waals surface area contributed by atoms with E-state index in [0.29, 0.717) is 17.8 Å². The topological polar surface area (TPSA) is 71.8 Å². The van der Waals surface area contributed by atoms with Crippen molar-refractivity contribution in [2.75, 3.05) is 18.1 Å². The van der Waals surface area contributed by atoms with Crippen LogP contribution in [-0.4, -0.2) is 52.5 Å². The van der Waals surface area contributed by atoms with Crippen LogP contribution >= 0.6 is 0 Å². The highest BCUT2D eigenvalue weighted by molar-refractivity contribution is 6.16. The van der Waals surface area contributed by atoms with Gasteiger partial charge in [0.2, 0.25) is 0 Å². The number of urea groups is 1. The van der Waals surface area contributed by atoms with Crippen molar-refractivity contribution < 1.29 is 19.1 Å². The zero-order valence-electron chi connectivity index (χ0n) is 18.6. The molecule has 7 heteroatoms. The Morgan fingerprint density at radius 2 is 1.84 bits per heavy atom. The highest BCUT2D eigenvalue weighted by Gasteiger charge is 2.44. The second-order valence-electron chi connectivity index (χ2n) is 8.54. The molecular weight excluding hydrogens is 394 g/mol. The van der Waals surface area contributed by atoms with Crippen molar-refractivity contribution in [1.82, 2.24) is 9.47 Å². The number of aromatic nitrogens is 1. The Kier molecular flexibility index (Phi) is 5.71. The van der Waals surface area contributed by atoms with E-state index in [2.05, 4.69) is 4.57 Å². The summed E-state index contributed by atoms with van der Waals surface area (Å²) in [5.74, 6) is -0.585. The average Bonchev–Trinajstić information content (AvgIpc) is 3.41. The molecule has 2 saturated heterocycles. The van der Waals surface area contributed by atoms with Crippen molar-refractivity contribution in [3.8, 4) is 0 Å². The predicted octanol–water partition coefficient (Wildman–Crippen LogP) is 3.63. The molecule has 0 bridgehead atoms. The summed E-state index contributed by atoms with van der Waals surface area (Å²) in [7, 11) is 0. The minimum atomic E-state index is -0.644. The lowest BCUT2D eigenvalue weighted by atomic mass is 10.1. The molecule has 0 unspecified atom stereocenters. The van der Waals surface area contributed by atoms with Gasteiger partial charge in [-0.1, -0.05) is 17.7 Å². The molecule has 0 N–H and O–H groups in total. The summed E-state index contributed by atoms with van der Waals surface area (Å²) in [4.78, 5) is 41.5. The van der Waals surface area contributed by atoms with Crippen LogP contribution in [0.3, 0.4) is 0 Å². The van der Waals surface area contributed by atoms with Crippen molar-refractivity contribution in [3.63, 3.8) is 0 Å². The number of anilines is 1. The van der Waals surface area contributed by atoms with E-state index in [1.165, 1.54) is 4.90 Å². The molecule has 0 saturated carbocycles. The van der Waals surface area contributed by atoms with Gasteiger partial charge in [0.15, 0.2) is 5.78 Å². The maximum atomic E-state index is 13.1. The van der Waals surface area contributed by atoms with Crippen LogP contribution in [0.15, 0.2) is 30.3 Å². The van der Waals surface area contributed by atoms with Crippen LogP contribution in [-0.2, 0) is 16.1 Å². The second kappa shape index (κ2) is 8.30. The number of amides is 3. The number of nitrogens with zero attached hydrogens (tertiary/aromatic N) is 3. The fourth-order valence-electron chi connectivity index (χ4n) is 4.50. The number of carbonyl (C=O) groups is 3. The molecule has 2 fully saturated rings. The molecule has 31 heavy (non-hydrogen) atoms. The summed E-state index contributed by atoms with van der Waals surface area (Å²) < 4.78 is 7.83. The molecule has 1 aromatic carbocycles. The van der Waals surface area contributed by atoms with E-state index in [9.17, 15) is 14.4 Å². The van der Waals surface area contributed by atoms with Crippen molar-refractivity contribution >= 4 is 23.4 Å². The fraction of sp³-hybridized carbons (Fsp3) is 0.458. The number of Topliss-reactive ketones (excluding diaryl/α,β-unsaturated/α-hetero) is 1. The number of ether oxygens (including phenoxy) is 1. The first-order valence-corrected chi connectivity index (χ1v) is 10.8. The number of hydrogen-bond donors (Lipinski definition) is 0. The van der Waals surface area contributed by atoms with Crippen molar-refractivity contribution in [2.24, 2.45) is 0 Å². The molecule has 4 rings (SSSR count). The van der Waals surface area contributed by atoms with Gasteiger partial charge in [-0.25, -0.2) is 4.79 Å². The number of ketones is 1. The van der Waals surface area contributed by atoms with E-state index in [-0.39, 0.29) is 24.3 Å². The highest BCUT2D eigenvalue weighted by Crippen LogP contribution is 2.27. The third-order valence-electron chi connectivity index (χ3n) is 6.35. The smallest absolute Gasteiger partial charge is 0.332 e. The molecule has 0 radical (unpaired) electrons. The molecule has 2 aliphatic heterocycles. The standard InChI is InChI=1S/C24H29N3O4/c1-15-7-9-19(10-8-15)27-18(4)23(29)26(24(27)30)14-22(28)21-12-16(2)25(17(21)3)13-20-6-5-11-31-20/h7-10,12,18,20H,5-6,11,13-14H2,1-4H3/t18-,20-/m0/s1. The molecule has 0 aliphatic carbocycles. The van der Waals surface area contributed by atoms with Gasteiger partial charge in [0.25, 0.3) is 5.91 Å². The van der Waals surface area contributed by atoms with E-state index >= 15 is 0 Å². The van der Waals surface area contributed by atoms with E-state index in [1.54, 1.807) is 6.92 Å². The van der Waals surface area contributed by atoms with Crippen molar-refractivity contribution in [2.45, 2.75) is 59.2 Å². The number of rotatable bonds is 6. The fourth-order valence-corrected chi connectivity index (χ4v) is 4.50. The Hall–Kier alpha value is -2.93. The summed E-state index contributed by atoms with van der Waals surface area (Å²) >= 11 is 0. The SMILES string of the molecule is Cc1ccc(N2C(=O)N(CC(=O)c3cc(C)n(C[C@@H]4CCCO4)c3C)C(=O)[C@@H]2C)cc1. The van der Waals surface area contributed by atoms with Crippen LogP contribution in [0.2, 0.25) is 0 Å². The highest BCUT2D eigenvalue weighted by atomic mass is 16.5. The van der Waals surface area contributed by atoms with Crippen LogP contribution in [0.5, 0.6) is 0 Å². The predicted molar refractivity (Wildman–Crippen MR) is 117 cm³/mol. The zero-order chi connectivity index (χ0) is 22.3. The quantitative estimate of drug-likeness (QED) is 0.525. The van der Waals surface area contributed by atoms with Gasteiger partial charge in [0, 0.05) is 35.8 Å². The van der Waals surface area contributed by atoms with Crippen molar-refractivity contribution in [1.29, 1.82) is 0 Å². The second-order valence-corrected chi connectivity index (χ2v) is 8.54. The lowest BCUT2D eigenvalue weighted by Gasteiger charge is -2.19. The largest absolute Gasteiger partial charge is 0.376 e. The van der Waals surface area contributed by atoms with E-state index in [0.717, 1.165) is 41.3 Å². The maximum Gasteiger partial charge on any atom is 0.332 e. The van der Waals surface area contributed by atoms with Gasteiger partial charge in [-0.05, 0) is 58.7 Å². The molecule has 164 valence electrons. The number of aryl methyl sites for hydroxylation is 2. The zero-order valence-corrected chi connectivity index (χ0v) is 18.6. The minimum absolute atomic E-state index is 0.165. The van der Waals surface area contributed by atoms with Gasteiger partial charge >= 0.3 is 6.03 Å². The molecule has 0 spiro atoms. The van der Waals surface area contributed by atoms with E-state index < -0.39 is 12.1 Å². The third kappa shape index (κ3) is 3.90. The Balaban J connectivity index is 1.52. The summed E-state index contributed by atoms with van der Waals surface area (Å²) in [6.07, 6.45) is 2.24. The first-order chi connectivity index (χ1) is 14.8. The maximum absolute atomic E-state index is 13.1. The lowest BCUT2D eigenvalue weighted by molar-refractivity contribution is -0.126. The number of imide groups is 1. The van der Waals surface area contributed by atoms with Crippen LogP contribution in [0, 0.1) is 20.8 Å². The van der Waals surface area contributed by atoms with E-state index in [1.807, 2.05) is 51.1 Å². The molecule has 2 aromatic rings. The molecular formula is C24H29N3O4. The van der Waals surface area contributed by atoms with Gasteiger partial charge in [0.05, 0.1) is 12.6 Å². The third-order valence-corrected chi connectivity index (χ3v) is 6.35. The van der Waals surface area contributed by atoms with Crippen LogP contribution in [0.1, 0.15) is 47.1 Å². The van der Waals surface area contributed by atoms with Gasteiger partial charge in [-0.15, -0.1) is 0 Å². The van der Waals surface area contributed by atoms with Gasteiger partial charge in [-0.3, -0.25) is 19.4 Å². The normalized spacial score (nSPS) is 21.4. The molecule has 3 amide bonds. The van der Waals surface area contributed by atoms with Gasteiger partial charge < -0.3 is 9.30 Å². The number of hydrogen-bond acceptors (Lipinski definition) is 4. The first kappa shape index (κ1) is 21.3. The molecule has 1 aromatic heterocycles. The summed E-state index contributed by atoms with van der Waals surface area (Å²) in [5, 5.41) is 0. The Morgan fingerprint density at radius 3 is 2.48 bits per heavy atom. The van der Waals surface area contributed by atoms with Gasteiger partial charge in [-0.2, -0.15) is 0 Å². The van der Waals surface area contributed by atoms with Crippen molar-refractivity contribution in [3.05, 3.63) is 52.8 Å². The lowest BCUT2D eigenvalue weighted by Crippen LogP contribution is -2.37. The molecule has 3 heterocycles. The number of benzene rings is 1. The van der Waals surface area contributed by atoms with Crippen LogP contribution < -0.4 is 4.90 Å².